The minimum Gasteiger partial charge on any atom is -0.465 e. The van der Waals surface area contributed by atoms with Crippen molar-refractivity contribution in [2.45, 2.75) is 32.7 Å². The minimum atomic E-state index is -1.21. The van der Waals surface area contributed by atoms with Gasteiger partial charge in [-0.05, 0) is 36.1 Å². The fraction of sp³-hybridized carbons (Fsp3) is 0.524. The van der Waals surface area contributed by atoms with Crippen molar-refractivity contribution in [3.8, 4) is 0 Å². The molecule has 2 heterocycles. The maximum atomic E-state index is 13.5. The zero-order valence-corrected chi connectivity index (χ0v) is 17.8. The van der Waals surface area contributed by atoms with Gasteiger partial charge in [0, 0.05) is 31.7 Å². The van der Waals surface area contributed by atoms with Gasteiger partial charge in [-0.2, -0.15) is 0 Å². The van der Waals surface area contributed by atoms with E-state index in [1.807, 2.05) is 20.8 Å². The summed E-state index contributed by atoms with van der Waals surface area (Å²) >= 11 is 0. The van der Waals surface area contributed by atoms with Crippen molar-refractivity contribution < 1.29 is 29.0 Å². The number of likely N-dealkylation sites (tertiary alicyclic amines) is 1. The standard InChI is InChI=1S/C21H27N3O6/c1-20(2,3)15-12-23(19(28)29)11-10-21(15)17(26)22(4)18(27)24(21)14-8-6-13(7-9-14)16(25)30-5/h6-9,15H,10-12H2,1-5H3,(H,28,29). The van der Waals surface area contributed by atoms with Crippen LogP contribution in [-0.2, 0) is 9.53 Å². The molecular weight excluding hydrogens is 390 g/mol. The van der Waals surface area contributed by atoms with Crippen LogP contribution in [0.4, 0.5) is 15.3 Å². The number of methoxy groups -OCH3 is 1. The van der Waals surface area contributed by atoms with Crippen LogP contribution in [0.3, 0.4) is 0 Å². The number of urea groups is 1. The third-order valence-corrected chi connectivity index (χ3v) is 6.16. The first-order chi connectivity index (χ1) is 13.9. The summed E-state index contributed by atoms with van der Waals surface area (Å²) in [4.78, 5) is 53.9. The number of likely N-dealkylation sites (N-methyl/N-ethyl adjacent to an activating group) is 1. The van der Waals surface area contributed by atoms with Crippen molar-refractivity contribution in [1.29, 1.82) is 0 Å². The Morgan fingerprint density at radius 2 is 1.77 bits per heavy atom. The minimum absolute atomic E-state index is 0.141. The molecule has 4 amide bonds. The van der Waals surface area contributed by atoms with Gasteiger partial charge in [0.15, 0.2) is 0 Å². The molecule has 1 aromatic carbocycles. The third kappa shape index (κ3) is 3.18. The molecule has 1 aromatic rings. The molecule has 0 saturated carbocycles. The zero-order chi connectivity index (χ0) is 22.4. The molecule has 2 fully saturated rings. The lowest BCUT2D eigenvalue weighted by Gasteiger charge is -2.52. The number of nitrogens with zero attached hydrogens (tertiary/aromatic N) is 3. The van der Waals surface area contributed by atoms with Crippen LogP contribution in [0.2, 0.25) is 0 Å². The Hall–Kier alpha value is -3.10. The van der Waals surface area contributed by atoms with Crippen molar-refractivity contribution in [2.75, 3.05) is 32.1 Å². The number of carbonyl (C=O) groups is 4. The number of ether oxygens (including phenoxy) is 1. The molecule has 2 atom stereocenters. The van der Waals surface area contributed by atoms with Gasteiger partial charge in [0.25, 0.3) is 5.91 Å². The highest BCUT2D eigenvalue weighted by molar-refractivity contribution is 6.17. The number of hydrogen-bond donors (Lipinski definition) is 1. The van der Waals surface area contributed by atoms with Crippen molar-refractivity contribution in [3.05, 3.63) is 29.8 Å². The topological polar surface area (TPSA) is 107 Å². The average Bonchev–Trinajstić information content (AvgIpc) is 2.88. The molecule has 1 spiro atoms. The van der Waals surface area contributed by atoms with E-state index in [1.54, 1.807) is 24.3 Å². The monoisotopic (exact) mass is 417 g/mol. The van der Waals surface area contributed by atoms with Crippen molar-refractivity contribution in [3.63, 3.8) is 0 Å². The van der Waals surface area contributed by atoms with Gasteiger partial charge in [0.2, 0.25) is 0 Å². The highest BCUT2D eigenvalue weighted by Crippen LogP contribution is 2.49. The SMILES string of the molecule is COC(=O)c1ccc(N2C(=O)N(C)C(=O)C23CCN(C(=O)O)CC3C(C)(C)C)cc1. The Morgan fingerprint density at radius 3 is 2.27 bits per heavy atom. The maximum absolute atomic E-state index is 13.5. The largest absolute Gasteiger partial charge is 0.465 e. The Bertz CT molecular complexity index is 891. The molecule has 2 aliphatic heterocycles. The number of benzene rings is 1. The quantitative estimate of drug-likeness (QED) is 0.586. The van der Waals surface area contributed by atoms with Gasteiger partial charge in [-0.1, -0.05) is 20.8 Å². The first-order valence-electron chi connectivity index (χ1n) is 9.73. The number of amides is 4. The van der Waals surface area contributed by atoms with Crippen molar-refractivity contribution in [2.24, 2.45) is 11.3 Å². The number of anilines is 1. The summed E-state index contributed by atoms with van der Waals surface area (Å²) in [6.07, 6.45) is -0.854. The van der Waals surface area contributed by atoms with Crippen LogP contribution in [0.25, 0.3) is 0 Å². The summed E-state index contributed by atoms with van der Waals surface area (Å²) in [7, 11) is 2.73. The first kappa shape index (κ1) is 21.6. The molecule has 0 aromatic heterocycles. The van der Waals surface area contributed by atoms with Gasteiger partial charge in [-0.15, -0.1) is 0 Å². The third-order valence-electron chi connectivity index (χ3n) is 6.16. The van der Waals surface area contributed by atoms with Crippen molar-refractivity contribution in [1.82, 2.24) is 9.80 Å². The number of hydrogen-bond acceptors (Lipinski definition) is 5. The second-order valence-electron chi connectivity index (χ2n) is 8.84. The van der Waals surface area contributed by atoms with Crippen LogP contribution in [0.1, 0.15) is 37.6 Å². The summed E-state index contributed by atoms with van der Waals surface area (Å²) in [5.41, 5.74) is -0.861. The number of carbonyl (C=O) groups excluding carboxylic acids is 3. The Morgan fingerprint density at radius 1 is 1.17 bits per heavy atom. The first-order valence-corrected chi connectivity index (χ1v) is 9.73. The molecule has 162 valence electrons. The van der Waals surface area contributed by atoms with E-state index in [-0.39, 0.29) is 25.4 Å². The zero-order valence-electron chi connectivity index (χ0n) is 17.8. The van der Waals surface area contributed by atoms with E-state index in [1.165, 1.54) is 24.0 Å². The molecule has 9 heteroatoms. The van der Waals surface area contributed by atoms with Crippen LogP contribution in [-0.4, -0.2) is 71.7 Å². The van der Waals surface area contributed by atoms with Gasteiger partial charge in [-0.3, -0.25) is 14.6 Å². The second-order valence-corrected chi connectivity index (χ2v) is 8.84. The summed E-state index contributed by atoms with van der Waals surface area (Å²) in [5, 5.41) is 9.52. The van der Waals surface area contributed by atoms with Crippen LogP contribution < -0.4 is 4.90 Å². The number of esters is 1. The summed E-state index contributed by atoms with van der Waals surface area (Å²) in [6.45, 7) is 6.12. The van der Waals surface area contributed by atoms with Crippen LogP contribution in [0.15, 0.2) is 24.3 Å². The van der Waals surface area contributed by atoms with Gasteiger partial charge < -0.3 is 14.7 Å². The van der Waals surface area contributed by atoms with Crippen LogP contribution >= 0.6 is 0 Å². The molecule has 0 radical (unpaired) electrons. The molecular formula is C21H27N3O6. The van der Waals surface area contributed by atoms with Gasteiger partial charge in [0.05, 0.1) is 12.7 Å². The van der Waals surface area contributed by atoms with E-state index in [0.717, 1.165) is 4.90 Å². The van der Waals surface area contributed by atoms with E-state index in [2.05, 4.69) is 0 Å². The van der Waals surface area contributed by atoms with E-state index < -0.39 is 35.0 Å². The number of rotatable bonds is 2. The van der Waals surface area contributed by atoms with E-state index >= 15 is 0 Å². The predicted molar refractivity (Wildman–Crippen MR) is 108 cm³/mol. The van der Waals surface area contributed by atoms with Crippen LogP contribution in [0, 0.1) is 11.3 Å². The highest BCUT2D eigenvalue weighted by Gasteiger charge is 2.64. The molecule has 1 N–H and O–H groups in total. The normalized spacial score (nSPS) is 24.6. The molecule has 30 heavy (non-hydrogen) atoms. The van der Waals surface area contributed by atoms with Gasteiger partial charge in [-0.25, -0.2) is 14.4 Å². The van der Waals surface area contributed by atoms with E-state index in [9.17, 15) is 24.3 Å². The van der Waals surface area contributed by atoms with Crippen molar-refractivity contribution >= 4 is 29.7 Å². The molecule has 2 aliphatic rings. The molecule has 0 aliphatic carbocycles. The average molecular weight is 417 g/mol. The van der Waals surface area contributed by atoms with Gasteiger partial charge >= 0.3 is 18.1 Å². The lowest BCUT2D eigenvalue weighted by Crippen LogP contribution is -2.66. The summed E-state index contributed by atoms with van der Waals surface area (Å²) in [6, 6.07) is 5.85. The lowest BCUT2D eigenvalue weighted by molar-refractivity contribution is -0.136. The fourth-order valence-electron chi connectivity index (χ4n) is 4.63. The number of piperidine rings is 1. The van der Waals surface area contributed by atoms with E-state index in [0.29, 0.717) is 11.3 Å². The van der Waals surface area contributed by atoms with Crippen LogP contribution in [0.5, 0.6) is 0 Å². The Kier molecular flexibility index (Phi) is 5.26. The Labute approximate surface area is 175 Å². The maximum Gasteiger partial charge on any atom is 0.407 e. The lowest BCUT2D eigenvalue weighted by atomic mass is 9.64. The molecule has 2 saturated heterocycles. The summed E-state index contributed by atoms with van der Waals surface area (Å²) < 4.78 is 4.72. The molecule has 3 rings (SSSR count). The fourth-order valence-corrected chi connectivity index (χ4v) is 4.63. The number of carboxylic acid groups (broad SMARTS) is 1. The molecule has 0 bridgehead atoms. The smallest absolute Gasteiger partial charge is 0.407 e. The molecule has 2 unspecified atom stereocenters. The van der Waals surface area contributed by atoms with E-state index in [4.69, 9.17) is 4.74 Å². The highest BCUT2D eigenvalue weighted by atomic mass is 16.5. The Balaban J connectivity index is 2.13. The second kappa shape index (κ2) is 7.30. The summed E-state index contributed by atoms with van der Waals surface area (Å²) in [5.74, 6) is -1.27. The molecule has 9 nitrogen and oxygen atoms in total. The number of imide groups is 1. The van der Waals surface area contributed by atoms with Gasteiger partial charge in [0.1, 0.15) is 5.54 Å². The predicted octanol–water partition coefficient (Wildman–Crippen LogP) is 2.66.